The van der Waals surface area contributed by atoms with Crippen LogP contribution in [0.3, 0.4) is 0 Å². The molecular formula is C16H23FN2O2. The molecule has 21 heavy (non-hydrogen) atoms. The Hall–Kier alpha value is -1.62. The van der Waals surface area contributed by atoms with E-state index in [1.54, 1.807) is 13.2 Å². The lowest BCUT2D eigenvalue weighted by atomic mass is 9.99. The zero-order valence-corrected chi connectivity index (χ0v) is 12.7. The maximum atomic E-state index is 13.3. The predicted molar refractivity (Wildman–Crippen MR) is 79.9 cm³/mol. The summed E-state index contributed by atoms with van der Waals surface area (Å²) in [5, 5.41) is 3.24. The van der Waals surface area contributed by atoms with Crippen LogP contribution in [-0.2, 0) is 11.2 Å². The summed E-state index contributed by atoms with van der Waals surface area (Å²) in [6, 6.07) is 4.51. The number of hydrogen-bond acceptors (Lipinski definition) is 3. The van der Waals surface area contributed by atoms with Gasteiger partial charge < -0.3 is 15.0 Å². The standard InChI is InChI=1S/C16H23FN2O2/c1-12(16(20)19-9-7-18-8-10-19)3-4-13-11-14(17)5-6-15(13)21-2/h5-6,11-12,18H,3-4,7-10H2,1-2H3. The molecule has 1 aliphatic heterocycles. The summed E-state index contributed by atoms with van der Waals surface area (Å²) in [7, 11) is 1.58. The van der Waals surface area contributed by atoms with E-state index in [4.69, 9.17) is 4.74 Å². The molecule has 0 saturated carbocycles. The molecule has 2 rings (SSSR count). The van der Waals surface area contributed by atoms with Gasteiger partial charge in [0.15, 0.2) is 0 Å². The van der Waals surface area contributed by atoms with E-state index in [2.05, 4.69) is 5.32 Å². The highest BCUT2D eigenvalue weighted by Gasteiger charge is 2.22. The monoisotopic (exact) mass is 294 g/mol. The van der Waals surface area contributed by atoms with E-state index in [1.165, 1.54) is 12.1 Å². The maximum absolute atomic E-state index is 13.3. The van der Waals surface area contributed by atoms with Crippen LogP contribution in [0.2, 0.25) is 0 Å². The smallest absolute Gasteiger partial charge is 0.225 e. The Balaban J connectivity index is 1.92. The SMILES string of the molecule is COc1ccc(F)cc1CCC(C)C(=O)N1CCNCC1. The van der Waals surface area contributed by atoms with Gasteiger partial charge in [-0.1, -0.05) is 6.92 Å². The normalized spacial score (nSPS) is 16.6. The Morgan fingerprint density at radius 2 is 2.14 bits per heavy atom. The molecular weight excluding hydrogens is 271 g/mol. The van der Waals surface area contributed by atoms with Gasteiger partial charge in [-0.15, -0.1) is 0 Å². The number of ether oxygens (including phenoxy) is 1. The maximum Gasteiger partial charge on any atom is 0.225 e. The van der Waals surface area contributed by atoms with Crippen molar-refractivity contribution in [2.45, 2.75) is 19.8 Å². The average Bonchev–Trinajstić information content (AvgIpc) is 2.52. The Bertz CT molecular complexity index is 487. The number of piperazine rings is 1. The van der Waals surface area contributed by atoms with Crippen LogP contribution in [0.15, 0.2) is 18.2 Å². The highest BCUT2D eigenvalue weighted by molar-refractivity contribution is 5.78. The van der Waals surface area contributed by atoms with Crippen molar-refractivity contribution in [2.24, 2.45) is 5.92 Å². The van der Waals surface area contributed by atoms with Gasteiger partial charge in [0.05, 0.1) is 7.11 Å². The fourth-order valence-corrected chi connectivity index (χ4v) is 2.63. The number of hydrogen-bond donors (Lipinski definition) is 1. The quantitative estimate of drug-likeness (QED) is 0.901. The molecule has 1 fully saturated rings. The predicted octanol–water partition coefficient (Wildman–Crippen LogP) is 1.83. The lowest BCUT2D eigenvalue weighted by molar-refractivity contribution is -0.135. The number of rotatable bonds is 5. The van der Waals surface area contributed by atoms with E-state index in [9.17, 15) is 9.18 Å². The molecule has 1 saturated heterocycles. The van der Waals surface area contributed by atoms with Crippen molar-refractivity contribution in [3.63, 3.8) is 0 Å². The Morgan fingerprint density at radius 3 is 2.81 bits per heavy atom. The summed E-state index contributed by atoms with van der Waals surface area (Å²) in [5.41, 5.74) is 0.817. The first-order chi connectivity index (χ1) is 10.1. The van der Waals surface area contributed by atoms with Crippen molar-refractivity contribution in [1.82, 2.24) is 10.2 Å². The zero-order valence-electron chi connectivity index (χ0n) is 12.7. The van der Waals surface area contributed by atoms with Crippen LogP contribution < -0.4 is 10.1 Å². The molecule has 0 bridgehead atoms. The minimum atomic E-state index is -0.271. The molecule has 1 aromatic carbocycles. The number of nitrogens with zero attached hydrogens (tertiary/aromatic N) is 1. The lowest BCUT2D eigenvalue weighted by Gasteiger charge is -2.29. The van der Waals surface area contributed by atoms with Gasteiger partial charge in [-0.3, -0.25) is 4.79 Å². The number of benzene rings is 1. The van der Waals surface area contributed by atoms with Gasteiger partial charge in [-0.25, -0.2) is 4.39 Å². The summed E-state index contributed by atoms with van der Waals surface area (Å²) in [6.45, 7) is 5.20. The van der Waals surface area contributed by atoms with Gasteiger partial charge in [0, 0.05) is 32.1 Å². The third-order valence-corrected chi connectivity index (χ3v) is 3.94. The molecule has 1 heterocycles. The molecule has 1 amide bonds. The van der Waals surface area contributed by atoms with Gasteiger partial charge in [0.1, 0.15) is 11.6 Å². The van der Waals surface area contributed by atoms with E-state index < -0.39 is 0 Å². The number of halogens is 1. The van der Waals surface area contributed by atoms with Gasteiger partial charge in [-0.05, 0) is 36.6 Å². The van der Waals surface area contributed by atoms with Crippen LogP contribution in [0.1, 0.15) is 18.9 Å². The van der Waals surface area contributed by atoms with E-state index in [0.717, 1.165) is 31.7 Å². The van der Waals surface area contributed by atoms with Gasteiger partial charge >= 0.3 is 0 Å². The van der Waals surface area contributed by atoms with Crippen LogP contribution in [0.25, 0.3) is 0 Å². The van der Waals surface area contributed by atoms with Crippen molar-refractivity contribution < 1.29 is 13.9 Å². The lowest BCUT2D eigenvalue weighted by Crippen LogP contribution is -2.48. The van der Waals surface area contributed by atoms with Gasteiger partial charge in [0.2, 0.25) is 5.91 Å². The molecule has 5 heteroatoms. The molecule has 0 aliphatic carbocycles. The minimum absolute atomic E-state index is 0.0592. The number of aryl methyl sites for hydroxylation is 1. The van der Waals surface area contributed by atoms with Gasteiger partial charge in [-0.2, -0.15) is 0 Å². The van der Waals surface area contributed by atoms with Gasteiger partial charge in [0.25, 0.3) is 0 Å². The van der Waals surface area contributed by atoms with Crippen LogP contribution in [0, 0.1) is 11.7 Å². The third kappa shape index (κ3) is 4.17. The van der Waals surface area contributed by atoms with Crippen molar-refractivity contribution in [2.75, 3.05) is 33.3 Å². The van der Waals surface area contributed by atoms with E-state index >= 15 is 0 Å². The molecule has 1 aromatic rings. The van der Waals surface area contributed by atoms with Crippen LogP contribution in [0.4, 0.5) is 4.39 Å². The molecule has 1 unspecified atom stereocenters. The number of methoxy groups -OCH3 is 1. The third-order valence-electron chi connectivity index (χ3n) is 3.94. The van der Waals surface area contributed by atoms with E-state index in [-0.39, 0.29) is 17.6 Å². The summed E-state index contributed by atoms with van der Waals surface area (Å²) in [6.07, 6.45) is 1.34. The fraction of sp³-hybridized carbons (Fsp3) is 0.562. The molecule has 4 nitrogen and oxygen atoms in total. The van der Waals surface area contributed by atoms with Crippen molar-refractivity contribution in [3.05, 3.63) is 29.6 Å². The topological polar surface area (TPSA) is 41.6 Å². The number of carbonyl (C=O) groups is 1. The largest absolute Gasteiger partial charge is 0.496 e. The summed E-state index contributed by atoms with van der Waals surface area (Å²) >= 11 is 0. The van der Waals surface area contributed by atoms with Crippen LogP contribution >= 0.6 is 0 Å². The van der Waals surface area contributed by atoms with Crippen molar-refractivity contribution in [1.29, 1.82) is 0 Å². The zero-order chi connectivity index (χ0) is 15.2. The highest BCUT2D eigenvalue weighted by Crippen LogP contribution is 2.23. The molecule has 0 spiro atoms. The summed E-state index contributed by atoms with van der Waals surface area (Å²) < 4.78 is 18.6. The van der Waals surface area contributed by atoms with E-state index in [1.807, 2.05) is 11.8 Å². The van der Waals surface area contributed by atoms with E-state index in [0.29, 0.717) is 18.6 Å². The molecule has 1 N–H and O–H groups in total. The molecule has 1 aliphatic rings. The van der Waals surface area contributed by atoms with Crippen molar-refractivity contribution in [3.8, 4) is 5.75 Å². The molecule has 0 radical (unpaired) electrons. The Morgan fingerprint density at radius 1 is 1.43 bits per heavy atom. The highest BCUT2D eigenvalue weighted by atomic mass is 19.1. The Kier molecular flexibility index (Phi) is 5.56. The number of amides is 1. The molecule has 116 valence electrons. The second kappa shape index (κ2) is 7.41. The second-order valence-corrected chi connectivity index (χ2v) is 5.47. The minimum Gasteiger partial charge on any atom is -0.496 e. The first-order valence-corrected chi connectivity index (χ1v) is 7.43. The number of nitrogens with one attached hydrogen (secondary N) is 1. The fourth-order valence-electron chi connectivity index (χ4n) is 2.63. The van der Waals surface area contributed by atoms with Crippen LogP contribution in [0.5, 0.6) is 5.75 Å². The molecule has 1 atom stereocenters. The van der Waals surface area contributed by atoms with Crippen molar-refractivity contribution >= 4 is 5.91 Å². The number of carbonyl (C=O) groups excluding carboxylic acids is 1. The first-order valence-electron chi connectivity index (χ1n) is 7.43. The first kappa shape index (κ1) is 15.8. The average molecular weight is 294 g/mol. The Labute approximate surface area is 125 Å². The molecule has 0 aromatic heterocycles. The summed E-state index contributed by atoms with van der Waals surface area (Å²) in [5.74, 6) is 0.535. The summed E-state index contributed by atoms with van der Waals surface area (Å²) in [4.78, 5) is 14.2. The van der Waals surface area contributed by atoms with Crippen LogP contribution in [-0.4, -0.2) is 44.1 Å². The second-order valence-electron chi connectivity index (χ2n) is 5.47.